The third-order valence-corrected chi connectivity index (χ3v) is 4.49. The molecule has 0 radical (unpaired) electrons. The molecule has 130 valence electrons. The number of nitrogens with zero attached hydrogens (tertiary/aromatic N) is 3. The summed E-state index contributed by atoms with van der Waals surface area (Å²) in [7, 11) is 2.88. The Hall–Kier alpha value is -1.79. The SMILES string of the molecule is CC(C)Cn1nc(-c2ccc(S(C)=O)cc2)cc(CN(C)C)c1=O. The summed E-state index contributed by atoms with van der Waals surface area (Å²) >= 11 is 0. The van der Waals surface area contributed by atoms with E-state index in [-0.39, 0.29) is 5.56 Å². The molecule has 0 aliphatic carbocycles. The van der Waals surface area contributed by atoms with Crippen molar-refractivity contribution in [3.05, 3.63) is 46.2 Å². The fraction of sp³-hybridized carbons (Fsp3) is 0.444. The average molecular weight is 347 g/mol. The van der Waals surface area contributed by atoms with E-state index in [0.29, 0.717) is 19.0 Å². The van der Waals surface area contributed by atoms with Crippen molar-refractivity contribution in [3.63, 3.8) is 0 Å². The molecular weight excluding hydrogens is 322 g/mol. The van der Waals surface area contributed by atoms with Gasteiger partial charge in [-0.25, -0.2) is 4.68 Å². The topological polar surface area (TPSA) is 55.2 Å². The lowest BCUT2D eigenvalue weighted by Crippen LogP contribution is -2.30. The summed E-state index contributed by atoms with van der Waals surface area (Å²) < 4.78 is 13.1. The van der Waals surface area contributed by atoms with Gasteiger partial charge in [0, 0.05) is 46.2 Å². The predicted molar refractivity (Wildman–Crippen MR) is 98.5 cm³/mol. The summed E-state index contributed by atoms with van der Waals surface area (Å²) in [6.07, 6.45) is 1.66. The minimum Gasteiger partial charge on any atom is -0.305 e. The van der Waals surface area contributed by atoms with Gasteiger partial charge in [-0.05, 0) is 38.2 Å². The predicted octanol–water partition coefficient (Wildman–Crippen LogP) is 2.37. The summed E-state index contributed by atoms with van der Waals surface area (Å²) in [5, 5.41) is 4.53. The van der Waals surface area contributed by atoms with Gasteiger partial charge in [0.1, 0.15) is 0 Å². The molecule has 1 heterocycles. The highest BCUT2D eigenvalue weighted by Gasteiger charge is 2.12. The molecule has 1 atom stereocenters. The molecule has 1 aromatic carbocycles. The van der Waals surface area contributed by atoms with E-state index in [9.17, 15) is 9.00 Å². The molecule has 0 spiro atoms. The van der Waals surface area contributed by atoms with Crippen molar-refractivity contribution in [1.82, 2.24) is 14.7 Å². The largest absolute Gasteiger partial charge is 0.305 e. The highest BCUT2D eigenvalue weighted by atomic mass is 32.2. The molecule has 5 nitrogen and oxygen atoms in total. The summed E-state index contributed by atoms with van der Waals surface area (Å²) in [5.41, 5.74) is 2.38. The first kappa shape index (κ1) is 18.5. The van der Waals surface area contributed by atoms with Crippen LogP contribution in [0.3, 0.4) is 0 Å². The Kier molecular flexibility index (Phi) is 6.07. The van der Waals surface area contributed by atoms with Crippen LogP contribution in [0.25, 0.3) is 11.3 Å². The van der Waals surface area contributed by atoms with Gasteiger partial charge in [-0.15, -0.1) is 0 Å². The lowest BCUT2D eigenvalue weighted by atomic mass is 10.1. The molecule has 24 heavy (non-hydrogen) atoms. The third-order valence-electron chi connectivity index (χ3n) is 3.56. The van der Waals surface area contributed by atoms with E-state index in [1.54, 1.807) is 10.9 Å². The molecular formula is C18H25N3O2S. The van der Waals surface area contributed by atoms with Crippen LogP contribution in [0.2, 0.25) is 0 Å². The van der Waals surface area contributed by atoms with Gasteiger partial charge in [0.25, 0.3) is 5.56 Å². The number of hydrogen-bond acceptors (Lipinski definition) is 4. The summed E-state index contributed by atoms with van der Waals surface area (Å²) in [6.45, 7) is 5.29. The van der Waals surface area contributed by atoms with E-state index in [1.807, 2.05) is 49.3 Å². The monoisotopic (exact) mass is 347 g/mol. The minimum atomic E-state index is -1.00. The zero-order chi connectivity index (χ0) is 17.9. The van der Waals surface area contributed by atoms with Crippen LogP contribution in [0.4, 0.5) is 0 Å². The van der Waals surface area contributed by atoms with Crippen molar-refractivity contribution < 1.29 is 4.21 Å². The number of hydrogen-bond donors (Lipinski definition) is 0. The van der Waals surface area contributed by atoms with Crippen LogP contribution < -0.4 is 5.56 Å². The maximum absolute atomic E-state index is 12.6. The lowest BCUT2D eigenvalue weighted by Gasteiger charge is -2.15. The van der Waals surface area contributed by atoms with Gasteiger partial charge in [0.2, 0.25) is 0 Å². The molecule has 6 heteroatoms. The Morgan fingerprint density at radius 1 is 1.21 bits per heavy atom. The average Bonchev–Trinajstić information content (AvgIpc) is 2.50. The maximum atomic E-state index is 12.6. The molecule has 2 aromatic rings. The normalized spacial score (nSPS) is 12.8. The zero-order valence-electron chi connectivity index (χ0n) is 14.9. The molecule has 2 rings (SSSR count). The Labute approximate surface area is 145 Å². The molecule has 0 amide bonds. The number of benzene rings is 1. The minimum absolute atomic E-state index is 0.0348. The standard InChI is InChI=1S/C18H25N3O2S/c1-13(2)11-21-18(22)15(12-20(3)4)10-17(19-21)14-6-8-16(9-7-14)24(5)23/h6-10,13H,11-12H2,1-5H3. The maximum Gasteiger partial charge on any atom is 0.271 e. The van der Waals surface area contributed by atoms with Gasteiger partial charge >= 0.3 is 0 Å². The summed E-state index contributed by atoms with van der Waals surface area (Å²) in [4.78, 5) is 15.4. The van der Waals surface area contributed by atoms with Crippen LogP contribution >= 0.6 is 0 Å². The molecule has 1 aromatic heterocycles. The van der Waals surface area contributed by atoms with E-state index in [4.69, 9.17) is 0 Å². The van der Waals surface area contributed by atoms with E-state index >= 15 is 0 Å². The molecule has 0 saturated carbocycles. The van der Waals surface area contributed by atoms with E-state index in [1.165, 1.54) is 0 Å². The zero-order valence-corrected chi connectivity index (χ0v) is 15.8. The van der Waals surface area contributed by atoms with Crippen LogP contribution in [0.1, 0.15) is 19.4 Å². The molecule has 1 unspecified atom stereocenters. The van der Waals surface area contributed by atoms with E-state index < -0.39 is 10.8 Å². The summed E-state index contributed by atoms with van der Waals surface area (Å²) in [5.74, 6) is 0.336. The molecule has 0 saturated heterocycles. The van der Waals surface area contributed by atoms with Gasteiger partial charge in [0.15, 0.2) is 0 Å². The fourth-order valence-corrected chi connectivity index (χ4v) is 3.00. The van der Waals surface area contributed by atoms with Crippen molar-refractivity contribution >= 4 is 10.8 Å². The Morgan fingerprint density at radius 3 is 2.33 bits per heavy atom. The number of aromatic nitrogens is 2. The van der Waals surface area contributed by atoms with E-state index in [0.717, 1.165) is 21.7 Å². The van der Waals surface area contributed by atoms with Crippen molar-refractivity contribution in [3.8, 4) is 11.3 Å². The van der Waals surface area contributed by atoms with Gasteiger partial charge in [-0.3, -0.25) is 9.00 Å². The second-order valence-electron chi connectivity index (χ2n) is 6.65. The van der Waals surface area contributed by atoms with Crippen LogP contribution in [-0.2, 0) is 23.9 Å². The van der Waals surface area contributed by atoms with Crippen molar-refractivity contribution in [1.29, 1.82) is 0 Å². The second kappa shape index (κ2) is 7.85. The molecule has 0 aliphatic heterocycles. The molecule has 0 N–H and O–H groups in total. The molecule has 0 bridgehead atoms. The number of rotatable bonds is 6. The van der Waals surface area contributed by atoms with Gasteiger partial charge in [-0.2, -0.15) is 5.10 Å². The van der Waals surface area contributed by atoms with Crippen molar-refractivity contribution in [2.24, 2.45) is 5.92 Å². The highest BCUT2D eigenvalue weighted by molar-refractivity contribution is 7.84. The van der Waals surface area contributed by atoms with Crippen LogP contribution in [0, 0.1) is 5.92 Å². The first-order valence-electron chi connectivity index (χ1n) is 7.97. The lowest BCUT2D eigenvalue weighted by molar-refractivity contribution is 0.392. The second-order valence-corrected chi connectivity index (χ2v) is 8.03. The quantitative estimate of drug-likeness (QED) is 0.805. The third kappa shape index (κ3) is 4.61. The Bertz CT molecular complexity index is 746. The van der Waals surface area contributed by atoms with E-state index in [2.05, 4.69) is 18.9 Å². The van der Waals surface area contributed by atoms with Crippen molar-refractivity contribution in [2.75, 3.05) is 20.4 Å². The van der Waals surface area contributed by atoms with Crippen LogP contribution in [0.15, 0.2) is 40.0 Å². The van der Waals surface area contributed by atoms with Crippen LogP contribution in [-0.4, -0.2) is 39.2 Å². The Balaban J connectivity index is 2.51. The Morgan fingerprint density at radius 2 is 1.83 bits per heavy atom. The fourth-order valence-electron chi connectivity index (χ4n) is 2.48. The van der Waals surface area contributed by atoms with Gasteiger partial charge < -0.3 is 4.90 Å². The van der Waals surface area contributed by atoms with Crippen molar-refractivity contribution in [2.45, 2.75) is 31.8 Å². The van der Waals surface area contributed by atoms with Gasteiger partial charge in [0.05, 0.1) is 5.69 Å². The first-order valence-corrected chi connectivity index (χ1v) is 9.53. The smallest absolute Gasteiger partial charge is 0.271 e. The molecule has 0 aliphatic rings. The van der Waals surface area contributed by atoms with Gasteiger partial charge in [-0.1, -0.05) is 26.0 Å². The first-order chi connectivity index (χ1) is 11.3. The van der Waals surface area contributed by atoms with Crippen LogP contribution in [0.5, 0.6) is 0 Å². The summed E-state index contributed by atoms with van der Waals surface area (Å²) in [6, 6.07) is 9.36. The molecule has 0 fully saturated rings. The highest BCUT2D eigenvalue weighted by Crippen LogP contribution is 2.19.